The molecule has 20 heavy (non-hydrogen) atoms. The van der Waals surface area contributed by atoms with Crippen LogP contribution in [0.1, 0.15) is 20.8 Å². The summed E-state index contributed by atoms with van der Waals surface area (Å²) in [5, 5.41) is 10.8. The quantitative estimate of drug-likeness (QED) is 0.571. The van der Waals surface area contributed by atoms with Crippen LogP contribution < -0.4 is 5.32 Å². The van der Waals surface area contributed by atoms with Crippen LogP contribution in [0.3, 0.4) is 0 Å². The van der Waals surface area contributed by atoms with Crippen LogP contribution in [-0.2, 0) is 19.4 Å². The molecule has 0 heterocycles. The van der Waals surface area contributed by atoms with E-state index >= 15 is 0 Å². The van der Waals surface area contributed by atoms with Gasteiger partial charge in [0.05, 0.1) is 5.75 Å². The highest BCUT2D eigenvalue weighted by Crippen LogP contribution is 2.07. The molecule has 8 nitrogen and oxygen atoms in total. The van der Waals surface area contributed by atoms with Crippen LogP contribution in [0.15, 0.2) is 0 Å². The van der Waals surface area contributed by atoms with E-state index in [0.29, 0.717) is 4.90 Å². The Kier molecular flexibility index (Phi) is 5.96. The molecule has 2 amide bonds. The molecule has 1 N–H and O–H groups in total. The van der Waals surface area contributed by atoms with E-state index in [0.717, 1.165) is 6.26 Å². The highest BCUT2D eigenvalue weighted by molar-refractivity contribution is 7.90. The van der Waals surface area contributed by atoms with Crippen molar-refractivity contribution in [2.45, 2.75) is 32.4 Å². The van der Waals surface area contributed by atoms with E-state index in [9.17, 15) is 18.0 Å². The molecule has 1 unspecified atom stereocenters. The Balaban J connectivity index is 5.02. The average molecular weight is 305 g/mol. The molecule has 0 aromatic rings. The Morgan fingerprint density at radius 1 is 1.40 bits per heavy atom. The van der Waals surface area contributed by atoms with Gasteiger partial charge < -0.3 is 10.1 Å². The van der Waals surface area contributed by atoms with Gasteiger partial charge >= 0.3 is 6.09 Å². The average Bonchev–Trinajstić information content (AvgIpc) is 2.21. The number of sulfone groups is 1. The second kappa shape index (κ2) is 6.56. The molecule has 0 saturated heterocycles. The third kappa shape index (κ3) is 7.58. The number of hydrogen-bond donors (Lipinski definition) is 1. The van der Waals surface area contributed by atoms with Crippen molar-refractivity contribution in [1.82, 2.24) is 10.2 Å². The predicted molar refractivity (Wildman–Crippen MR) is 71.3 cm³/mol. The van der Waals surface area contributed by atoms with Crippen molar-refractivity contribution in [3.05, 3.63) is 0 Å². The van der Waals surface area contributed by atoms with Gasteiger partial charge in [-0.2, -0.15) is 5.26 Å². The number of ether oxygens (including phenoxy) is 1. The first-order valence-corrected chi connectivity index (χ1v) is 7.76. The van der Waals surface area contributed by atoms with Crippen molar-refractivity contribution in [2.24, 2.45) is 0 Å². The number of nitriles is 1. The van der Waals surface area contributed by atoms with Crippen molar-refractivity contribution in [3.63, 3.8) is 0 Å². The van der Waals surface area contributed by atoms with E-state index < -0.39 is 39.2 Å². The number of hydrogen-bond acceptors (Lipinski definition) is 6. The van der Waals surface area contributed by atoms with Gasteiger partial charge in [0.25, 0.3) is 5.91 Å². The summed E-state index contributed by atoms with van der Waals surface area (Å²) in [4.78, 5) is 24.1. The van der Waals surface area contributed by atoms with Crippen LogP contribution in [0.5, 0.6) is 0 Å². The molecule has 0 aromatic heterocycles. The maximum atomic E-state index is 11.8. The van der Waals surface area contributed by atoms with Crippen molar-refractivity contribution in [3.8, 4) is 6.19 Å². The largest absolute Gasteiger partial charge is 0.444 e. The van der Waals surface area contributed by atoms with Crippen molar-refractivity contribution < 1.29 is 22.7 Å². The van der Waals surface area contributed by atoms with E-state index in [1.165, 1.54) is 7.05 Å². The fourth-order valence-electron chi connectivity index (χ4n) is 1.21. The fourth-order valence-corrected chi connectivity index (χ4v) is 2.04. The van der Waals surface area contributed by atoms with Gasteiger partial charge in [-0.25, -0.2) is 13.2 Å². The lowest BCUT2D eigenvalue weighted by atomic mass is 10.2. The number of carbonyl (C=O) groups excluding carboxylic acids is 2. The van der Waals surface area contributed by atoms with E-state index in [4.69, 9.17) is 10.00 Å². The van der Waals surface area contributed by atoms with Gasteiger partial charge in [0, 0.05) is 13.3 Å². The molecular formula is C11H19N3O5S. The minimum atomic E-state index is -3.53. The standard InChI is InChI=1S/C11H19N3O5S/c1-11(2,3)19-10(16)13-8(6-20(5,17)18)9(15)14(4)7-12/h8H,6H2,1-5H3,(H,13,16). The van der Waals surface area contributed by atoms with E-state index in [1.807, 2.05) is 0 Å². The van der Waals surface area contributed by atoms with Crippen LogP contribution in [0, 0.1) is 11.5 Å². The summed E-state index contributed by atoms with van der Waals surface area (Å²) in [5.41, 5.74) is -0.788. The summed E-state index contributed by atoms with van der Waals surface area (Å²) in [6, 6.07) is -1.37. The molecule has 0 spiro atoms. The maximum absolute atomic E-state index is 11.8. The fraction of sp³-hybridized carbons (Fsp3) is 0.727. The number of amides is 2. The van der Waals surface area contributed by atoms with Gasteiger partial charge in [-0.1, -0.05) is 0 Å². The second-order valence-corrected chi connectivity index (χ2v) is 7.47. The lowest BCUT2D eigenvalue weighted by molar-refractivity contribution is -0.128. The monoisotopic (exact) mass is 305 g/mol. The molecule has 0 saturated carbocycles. The zero-order chi connectivity index (χ0) is 16.1. The smallest absolute Gasteiger partial charge is 0.408 e. The molecule has 0 rings (SSSR count). The van der Waals surface area contributed by atoms with Crippen LogP contribution in [0.2, 0.25) is 0 Å². The molecule has 0 radical (unpaired) electrons. The van der Waals surface area contributed by atoms with Gasteiger partial charge in [0.15, 0.2) is 6.19 Å². The first-order valence-electron chi connectivity index (χ1n) is 5.70. The Bertz CT molecular complexity index is 515. The number of rotatable bonds is 4. The van der Waals surface area contributed by atoms with Gasteiger partial charge in [-0.15, -0.1) is 0 Å². The Hall–Kier alpha value is -1.82. The zero-order valence-electron chi connectivity index (χ0n) is 12.1. The summed E-state index contributed by atoms with van der Waals surface area (Å²) >= 11 is 0. The summed E-state index contributed by atoms with van der Waals surface area (Å²) in [6.45, 7) is 4.88. The zero-order valence-corrected chi connectivity index (χ0v) is 12.9. The summed E-state index contributed by atoms with van der Waals surface area (Å²) < 4.78 is 27.5. The minimum absolute atomic E-state index is 0.614. The van der Waals surface area contributed by atoms with E-state index in [-0.39, 0.29) is 0 Å². The topological polar surface area (TPSA) is 117 Å². The molecular weight excluding hydrogens is 286 g/mol. The lowest BCUT2D eigenvalue weighted by Crippen LogP contribution is -2.50. The summed E-state index contributed by atoms with van der Waals surface area (Å²) in [6.07, 6.45) is 1.55. The molecule has 0 fully saturated rings. The molecule has 0 bridgehead atoms. The number of nitrogens with zero attached hydrogens (tertiary/aromatic N) is 2. The van der Waals surface area contributed by atoms with Crippen molar-refractivity contribution >= 4 is 21.8 Å². The number of alkyl carbamates (subject to hydrolysis) is 1. The van der Waals surface area contributed by atoms with Gasteiger partial charge in [-0.3, -0.25) is 9.69 Å². The Morgan fingerprint density at radius 2 is 1.90 bits per heavy atom. The summed E-state index contributed by atoms with van der Waals surface area (Å²) in [5.74, 6) is -1.44. The maximum Gasteiger partial charge on any atom is 0.408 e. The van der Waals surface area contributed by atoms with Crippen molar-refractivity contribution in [2.75, 3.05) is 19.1 Å². The predicted octanol–water partition coefficient (Wildman–Crippen LogP) is -0.136. The number of carbonyl (C=O) groups is 2. The molecule has 0 aliphatic rings. The molecule has 114 valence electrons. The first-order chi connectivity index (χ1) is 8.85. The lowest BCUT2D eigenvalue weighted by Gasteiger charge is -2.23. The first kappa shape index (κ1) is 18.2. The number of likely N-dealkylation sites (N-methyl/N-ethyl adjacent to an activating group) is 1. The minimum Gasteiger partial charge on any atom is -0.444 e. The second-order valence-electron chi connectivity index (χ2n) is 5.29. The third-order valence-electron chi connectivity index (χ3n) is 1.94. The van der Waals surface area contributed by atoms with Crippen molar-refractivity contribution in [1.29, 1.82) is 5.26 Å². The Labute approximate surface area is 118 Å². The van der Waals surface area contributed by atoms with Crippen LogP contribution >= 0.6 is 0 Å². The van der Waals surface area contributed by atoms with E-state index in [1.54, 1.807) is 27.0 Å². The van der Waals surface area contributed by atoms with Gasteiger partial charge in [-0.05, 0) is 20.8 Å². The Morgan fingerprint density at radius 3 is 2.25 bits per heavy atom. The molecule has 9 heteroatoms. The molecule has 1 atom stereocenters. The highest BCUT2D eigenvalue weighted by atomic mass is 32.2. The SMILES string of the molecule is CN(C#N)C(=O)C(CS(C)(=O)=O)NC(=O)OC(C)(C)C. The molecule has 0 aliphatic heterocycles. The highest BCUT2D eigenvalue weighted by Gasteiger charge is 2.29. The van der Waals surface area contributed by atoms with Crippen LogP contribution in [0.4, 0.5) is 4.79 Å². The van der Waals surface area contributed by atoms with Gasteiger partial charge in [0.1, 0.15) is 21.5 Å². The van der Waals surface area contributed by atoms with Crippen LogP contribution in [0.25, 0.3) is 0 Å². The third-order valence-corrected chi connectivity index (χ3v) is 2.88. The molecule has 0 aromatic carbocycles. The number of nitrogens with one attached hydrogen (secondary N) is 1. The normalized spacial score (nSPS) is 13.0. The summed E-state index contributed by atoms with van der Waals surface area (Å²) in [7, 11) is -2.35. The molecule has 0 aliphatic carbocycles. The van der Waals surface area contributed by atoms with E-state index in [2.05, 4.69) is 5.32 Å². The van der Waals surface area contributed by atoms with Gasteiger partial charge in [0.2, 0.25) is 0 Å². The van der Waals surface area contributed by atoms with Crippen LogP contribution in [-0.4, -0.2) is 56.0 Å².